The highest BCUT2D eigenvalue weighted by molar-refractivity contribution is 7.89. The highest BCUT2D eigenvalue weighted by atomic mass is 32.2. The third-order valence-electron chi connectivity index (χ3n) is 6.29. The van der Waals surface area contributed by atoms with Gasteiger partial charge in [0.15, 0.2) is 4.80 Å². The fourth-order valence-corrected chi connectivity index (χ4v) is 6.69. The number of carbonyl (C=O) groups excluding carboxylic acids is 2. The zero-order valence-corrected chi connectivity index (χ0v) is 21.0. The Labute approximate surface area is 202 Å². The Morgan fingerprint density at radius 3 is 2.35 bits per heavy atom. The number of hydrogen-bond acceptors (Lipinski definition) is 6. The van der Waals surface area contributed by atoms with Crippen LogP contribution < -0.4 is 4.80 Å². The van der Waals surface area contributed by atoms with Crippen LogP contribution >= 0.6 is 11.3 Å². The number of carbonyl (C=O) groups is 2. The Morgan fingerprint density at radius 2 is 1.71 bits per heavy atom. The summed E-state index contributed by atoms with van der Waals surface area (Å²) in [5.74, 6) is -0.906. The van der Waals surface area contributed by atoms with Gasteiger partial charge in [-0.05, 0) is 55.3 Å². The normalized spacial score (nSPS) is 15.7. The third-order valence-corrected chi connectivity index (χ3v) is 9.31. The summed E-state index contributed by atoms with van der Waals surface area (Å²) in [6.07, 6.45) is 4.98. The molecule has 1 heterocycles. The topological polar surface area (TPSA) is 98.0 Å². The van der Waals surface area contributed by atoms with Gasteiger partial charge < -0.3 is 9.30 Å². The van der Waals surface area contributed by atoms with E-state index in [0.29, 0.717) is 15.9 Å². The van der Waals surface area contributed by atoms with Crippen LogP contribution in [0.5, 0.6) is 0 Å². The fraction of sp³-hybridized carbons (Fsp3) is 0.375. The molecule has 1 saturated carbocycles. The summed E-state index contributed by atoms with van der Waals surface area (Å²) < 4.78 is 34.9. The van der Waals surface area contributed by atoms with Crippen LogP contribution in [0.4, 0.5) is 0 Å². The molecule has 0 saturated heterocycles. The number of sulfonamides is 1. The smallest absolute Gasteiger partial charge is 0.337 e. The molecule has 10 heteroatoms. The molecule has 3 aromatic rings. The van der Waals surface area contributed by atoms with E-state index in [1.807, 2.05) is 0 Å². The largest absolute Gasteiger partial charge is 0.465 e. The fourth-order valence-electron chi connectivity index (χ4n) is 4.21. The van der Waals surface area contributed by atoms with Gasteiger partial charge in [-0.1, -0.05) is 30.6 Å². The second-order valence-corrected chi connectivity index (χ2v) is 11.4. The first kappa shape index (κ1) is 24.3. The van der Waals surface area contributed by atoms with Crippen molar-refractivity contribution in [3.63, 3.8) is 0 Å². The first-order chi connectivity index (χ1) is 16.2. The standard InChI is InChI=1S/C24H27N3O5S2/c1-26-20-14-11-17(23(29)32-3)15-21(20)33-24(26)25-22(28)16-9-12-19(13-10-16)34(30,31)27(2)18-7-5-4-6-8-18/h9-15,18H,4-8H2,1-3H3. The van der Waals surface area contributed by atoms with E-state index in [2.05, 4.69) is 4.99 Å². The molecule has 1 fully saturated rings. The van der Waals surface area contributed by atoms with E-state index in [4.69, 9.17) is 4.74 Å². The maximum absolute atomic E-state index is 13.0. The number of thiazole rings is 1. The number of fused-ring (bicyclic) bond motifs is 1. The summed E-state index contributed by atoms with van der Waals surface area (Å²) >= 11 is 1.28. The predicted molar refractivity (Wildman–Crippen MR) is 130 cm³/mol. The number of methoxy groups -OCH3 is 1. The van der Waals surface area contributed by atoms with Gasteiger partial charge >= 0.3 is 5.97 Å². The van der Waals surface area contributed by atoms with Gasteiger partial charge in [0.2, 0.25) is 10.0 Å². The van der Waals surface area contributed by atoms with Crippen LogP contribution in [0.3, 0.4) is 0 Å². The first-order valence-corrected chi connectivity index (χ1v) is 13.3. The molecule has 1 aliphatic rings. The SMILES string of the molecule is COC(=O)c1ccc2c(c1)sc(=NC(=O)c1ccc(S(=O)(=O)N(C)C3CCCCC3)cc1)n2C. The van der Waals surface area contributed by atoms with Crippen LogP contribution in [0.25, 0.3) is 10.2 Å². The molecule has 0 aliphatic heterocycles. The number of aromatic nitrogens is 1. The van der Waals surface area contributed by atoms with Crippen molar-refractivity contribution in [2.45, 2.75) is 43.0 Å². The van der Waals surface area contributed by atoms with Crippen molar-refractivity contribution in [1.29, 1.82) is 0 Å². The van der Waals surface area contributed by atoms with Crippen molar-refractivity contribution in [2.24, 2.45) is 12.0 Å². The number of nitrogens with zero attached hydrogens (tertiary/aromatic N) is 3. The molecule has 1 aromatic heterocycles. The number of benzene rings is 2. The number of aryl methyl sites for hydroxylation is 1. The van der Waals surface area contributed by atoms with Gasteiger partial charge in [0.05, 0.1) is 27.8 Å². The molecule has 34 heavy (non-hydrogen) atoms. The van der Waals surface area contributed by atoms with Crippen LogP contribution in [-0.4, -0.2) is 49.4 Å². The number of ether oxygens (including phenoxy) is 1. The summed E-state index contributed by atoms with van der Waals surface area (Å²) in [6.45, 7) is 0. The monoisotopic (exact) mass is 501 g/mol. The molecule has 180 valence electrons. The summed E-state index contributed by atoms with van der Waals surface area (Å²) in [5.41, 5.74) is 1.55. The molecule has 0 unspecified atom stereocenters. The minimum absolute atomic E-state index is 0.0164. The molecule has 1 aliphatic carbocycles. The molecule has 4 rings (SSSR count). The quantitative estimate of drug-likeness (QED) is 0.496. The zero-order valence-electron chi connectivity index (χ0n) is 19.4. The van der Waals surface area contributed by atoms with E-state index >= 15 is 0 Å². The highest BCUT2D eigenvalue weighted by Crippen LogP contribution is 2.26. The summed E-state index contributed by atoms with van der Waals surface area (Å²) in [4.78, 5) is 29.5. The van der Waals surface area contributed by atoms with Crippen LogP contribution in [0, 0.1) is 0 Å². The molecule has 0 bridgehead atoms. The van der Waals surface area contributed by atoms with Crippen LogP contribution in [0.2, 0.25) is 0 Å². The van der Waals surface area contributed by atoms with Crippen molar-refractivity contribution < 1.29 is 22.7 Å². The third kappa shape index (κ3) is 4.70. The predicted octanol–water partition coefficient (Wildman–Crippen LogP) is 3.72. The molecule has 0 atom stereocenters. The van der Waals surface area contributed by atoms with Gasteiger partial charge in [-0.25, -0.2) is 13.2 Å². The van der Waals surface area contributed by atoms with Crippen molar-refractivity contribution in [1.82, 2.24) is 8.87 Å². The maximum Gasteiger partial charge on any atom is 0.337 e. The highest BCUT2D eigenvalue weighted by Gasteiger charge is 2.29. The van der Waals surface area contributed by atoms with Gasteiger partial charge in [-0.15, -0.1) is 0 Å². The van der Waals surface area contributed by atoms with Gasteiger partial charge in [0.25, 0.3) is 5.91 Å². The Morgan fingerprint density at radius 1 is 1.06 bits per heavy atom. The minimum atomic E-state index is -3.63. The summed E-state index contributed by atoms with van der Waals surface area (Å²) in [6, 6.07) is 11.1. The minimum Gasteiger partial charge on any atom is -0.465 e. The van der Waals surface area contributed by atoms with E-state index in [0.717, 1.165) is 42.3 Å². The average molecular weight is 502 g/mol. The van der Waals surface area contributed by atoms with Crippen molar-refractivity contribution in [3.8, 4) is 0 Å². The second kappa shape index (κ2) is 9.81. The Bertz CT molecular complexity index is 1400. The Hall–Kier alpha value is -2.82. The molecule has 2 aromatic carbocycles. The first-order valence-electron chi connectivity index (χ1n) is 11.1. The van der Waals surface area contributed by atoms with Crippen LogP contribution in [-0.2, 0) is 21.8 Å². The van der Waals surface area contributed by atoms with Gasteiger partial charge in [0, 0.05) is 25.7 Å². The molecule has 8 nitrogen and oxygen atoms in total. The second-order valence-electron chi connectivity index (χ2n) is 8.37. The van der Waals surface area contributed by atoms with Crippen molar-refractivity contribution >= 4 is 43.5 Å². The lowest BCUT2D eigenvalue weighted by Gasteiger charge is -2.30. The molecule has 0 spiro atoms. The van der Waals surface area contributed by atoms with Crippen LogP contribution in [0.1, 0.15) is 52.8 Å². The average Bonchev–Trinajstić information content (AvgIpc) is 3.17. The number of esters is 1. The van der Waals surface area contributed by atoms with Crippen molar-refractivity contribution in [3.05, 3.63) is 58.4 Å². The molecular formula is C24H27N3O5S2. The van der Waals surface area contributed by atoms with Crippen molar-refractivity contribution in [2.75, 3.05) is 14.2 Å². The van der Waals surface area contributed by atoms with Crippen LogP contribution in [0.15, 0.2) is 52.4 Å². The molecule has 0 N–H and O–H groups in total. The van der Waals surface area contributed by atoms with E-state index < -0.39 is 21.9 Å². The van der Waals surface area contributed by atoms with Gasteiger partial charge in [0.1, 0.15) is 0 Å². The van der Waals surface area contributed by atoms with Gasteiger partial charge in [-0.2, -0.15) is 9.30 Å². The Kier molecular flexibility index (Phi) is 7.01. The van der Waals surface area contributed by atoms with Gasteiger partial charge in [-0.3, -0.25) is 4.79 Å². The lowest BCUT2D eigenvalue weighted by Crippen LogP contribution is -2.38. The molecule has 1 amide bonds. The number of hydrogen-bond donors (Lipinski definition) is 0. The zero-order chi connectivity index (χ0) is 24.5. The van der Waals surface area contributed by atoms with E-state index in [9.17, 15) is 18.0 Å². The lowest BCUT2D eigenvalue weighted by molar-refractivity contribution is 0.0600. The van der Waals surface area contributed by atoms with E-state index in [-0.39, 0.29) is 10.9 Å². The maximum atomic E-state index is 13.0. The number of rotatable bonds is 5. The number of amides is 1. The van der Waals surface area contributed by atoms with E-state index in [1.165, 1.54) is 47.0 Å². The van der Waals surface area contributed by atoms with E-state index in [1.54, 1.807) is 36.9 Å². The Balaban J connectivity index is 1.58. The lowest BCUT2D eigenvalue weighted by atomic mass is 9.96. The molecular weight excluding hydrogens is 474 g/mol. The summed E-state index contributed by atoms with van der Waals surface area (Å²) in [5, 5.41) is 0. The molecule has 0 radical (unpaired) electrons. The summed E-state index contributed by atoms with van der Waals surface area (Å²) in [7, 11) is 1.12.